The second-order valence-electron chi connectivity index (χ2n) is 6.17. The summed E-state index contributed by atoms with van der Waals surface area (Å²) in [5, 5.41) is 0. The van der Waals surface area contributed by atoms with Crippen molar-refractivity contribution >= 4 is 21.7 Å². The summed E-state index contributed by atoms with van der Waals surface area (Å²) < 4.78 is 14.1. The minimum Gasteiger partial charge on any atom is -0.294 e. The molecule has 2 rings (SSSR count). The number of ketones is 1. The molecule has 0 saturated heterocycles. The summed E-state index contributed by atoms with van der Waals surface area (Å²) in [6.07, 6.45) is 0.198. The van der Waals surface area contributed by atoms with Crippen molar-refractivity contribution < 1.29 is 9.18 Å². The lowest BCUT2D eigenvalue weighted by molar-refractivity contribution is 0.0991. The zero-order valence-electron chi connectivity index (χ0n) is 12.4. The summed E-state index contributed by atoms with van der Waals surface area (Å²) in [4.78, 5) is 12.6. The monoisotopic (exact) mass is 348 g/mol. The van der Waals surface area contributed by atoms with Crippen molar-refractivity contribution in [2.75, 3.05) is 0 Å². The second-order valence-corrected chi connectivity index (χ2v) is 7.09. The van der Waals surface area contributed by atoms with Crippen LogP contribution in [0, 0.1) is 5.82 Å². The van der Waals surface area contributed by atoms with Crippen LogP contribution in [0.1, 0.15) is 42.3 Å². The Balaban J connectivity index is 2.33. The maximum Gasteiger partial charge on any atom is 0.167 e. The number of hydrogen-bond donors (Lipinski definition) is 0. The van der Waals surface area contributed by atoms with Gasteiger partial charge in [0.05, 0.1) is 0 Å². The fourth-order valence-electron chi connectivity index (χ4n) is 2.37. The maximum absolute atomic E-state index is 13.4. The van der Waals surface area contributed by atoms with Crippen LogP contribution in [0.5, 0.6) is 0 Å². The zero-order valence-corrected chi connectivity index (χ0v) is 14.0. The van der Waals surface area contributed by atoms with E-state index in [0.29, 0.717) is 15.6 Å². The quantitative estimate of drug-likeness (QED) is 0.686. The Morgan fingerprint density at radius 1 is 1.14 bits per heavy atom. The molecule has 2 aromatic carbocycles. The van der Waals surface area contributed by atoms with Gasteiger partial charge >= 0.3 is 0 Å². The van der Waals surface area contributed by atoms with Gasteiger partial charge in [-0.3, -0.25) is 4.79 Å². The van der Waals surface area contributed by atoms with E-state index < -0.39 is 0 Å². The van der Waals surface area contributed by atoms with Crippen LogP contribution in [-0.4, -0.2) is 5.78 Å². The van der Waals surface area contributed by atoms with Crippen LogP contribution >= 0.6 is 15.9 Å². The largest absolute Gasteiger partial charge is 0.294 e. The topological polar surface area (TPSA) is 17.1 Å². The highest BCUT2D eigenvalue weighted by Gasteiger charge is 2.21. The third-order valence-electron chi connectivity index (χ3n) is 3.32. The molecular formula is C18H18BrFO. The summed E-state index contributed by atoms with van der Waals surface area (Å²) in [5.74, 6) is -0.325. The van der Waals surface area contributed by atoms with E-state index in [1.54, 1.807) is 6.07 Å². The SMILES string of the molecule is CC(C)(C)c1ccccc1C(=O)Cc1cc(F)cc(Br)c1. The van der Waals surface area contributed by atoms with Crippen LogP contribution in [0.15, 0.2) is 46.9 Å². The van der Waals surface area contributed by atoms with E-state index in [0.717, 1.165) is 5.56 Å². The normalized spacial score (nSPS) is 11.5. The van der Waals surface area contributed by atoms with E-state index in [-0.39, 0.29) is 23.4 Å². The van der Waals surface area contributed by atoms with Crippen LogP contribution in [-0.2, 0) is 11.8 Å². The Morgan fingerprint density at radius 2 is 1.81 bits per heavy atom. The van der Waals surface area contributed by atoms with Gasteiger partial charge in [-0.15, -0.1) is 0 Å². The van der Waals surface area contributed by atoms with Gasteiger partial charge in [-0.25, -0.2) is 4.39 Å². The Kier molecular flexibility index (Phi) is 4.62. The Labute approximate surface area is 133 Å². The van der Waals surface area contributed by atoms with Crippen LogP contribution in [0.2, 0.25) is 0 Å². The van der Waals surface area contributed by atoms with Gasteiger partial charge in [0.1, 0.15) is 5.82 Å². The van der Waals surface area contributed by atoms with Gasteiger partial charge in [-0.1, -0.05) is 61.0 Å². The molecule has 0 saturated carbocycles. The number of Topliss-reactive ketones (excluding diaryl/α,β-unsaturated/α-hetero) is 1. The van der Waals surface area contributed by atoms with Crippen molar-refractivity contribution in [1.29, 1.82) is 0 Å². The fourth-order valence-corrected chi connectivity index (χ4v) is 2.89. The molecule has 0 N–H and O–H groups in total. The number of benzene rings is 2. The lowest BCUT2D eigenvalue weighted by Gasteiger charge is -2.22. The van der Waals surface area contributed by atoms with Crippen molar-refractivity contribution in [2.45, 2.75) is 32.6 Å². The van der Waals surface area contributed by atoms with E-state index in [9.17, 15) is 9.18 Å². The minimum atomic E-state index is -0.337. The highest BCUT2D eigenvalue weighted by atomic mass is 79.9. The van der Waals surface area contributed by atoms with E-state index in [2.05, 4.69) is 36.7 Å². The Morgan fingerprint density at radius 3 is 2.43 bits per heavy atom. The number of halogens is 2. The molecule has 1 nitrogen and oxygen atoms in total. The average molecular weight is 349 g/mol. The molecule has 0 aliphatic heterocycles. The smallest absolute Gasteiger partial charge is 0.167 e. The lowest BCUT2D eigenvalue weighted by Crippen LogP contribution is -2.17. The second kappa shape index (κ2) is 6.10. The van der Waals surface area contributed by atoms with Crippen LogP contribution < -0.4 is 0 Å². The highest BCUT2D eigenvalue weighted by Crippen LogP contribution is 2.27. The van der Waals surface area contributed by atoms with Crippen molar-refractivity contribution in [2.24, 2.45) is 0 Å². The Hall–Kier alpha value is -1.48. The molecule has 3 heteroatoms. The van der Waals surface area contributed by atoms with Gasteiger partial charge in [0, 0.05) is 16.5 Å². The maximum atomic E-state index is 13.4. The summed E-state index contributed by atoms with van der Waals surface area (Å²) in [7, 11) is 0. The van der Waals surface area contributed by atoms with E-state index >= 15 is 0 Å². The van der Waals surface area contributed by atoms with Crippen molar-refractivity contribution in [3.63, 3.8) is 0 Å². The molecule has 0 aliphatic rings. The first-order chi connectivity index (χ1) is 9.77. The van der Waals surface area contributed by atoms with Gasteiger partial charge in [-0.05, 0) is 34.7 Å². The molecular weight excluding hydrogens is 331 g/mol. The highest BCUT2D eigenvalue weighted by molar-refractivity contribution is 9.10. The predicted octanol–water partition coefficient (Wildman–Crippen LogP) is 5.31. The van der Waals surface area contributed by atoms with Crippen LogP contribution in [0.3, 0.4) is 0 Å². The lowest BCUT2D eigenvalue weighted by atomic mass is 9.82. The molecule has 110 valence electrons. The van der Waals surface area contributed by atoms with Gasteiger partial charge in [0.2, 0.25) is 0 Å². The van der Waals surface area contributed by atoms with Gasteiger partial charge in [0.15, 0.2) is 5.78 Å². The van der Waals surface area contributed by atoms with Crippen LogP contribution in [0.4, 0.5) is 4.39 Å². The van der Waals surface area contributed by atoms with E-state index in [1.807, 2.05) is 24.3 Å². The summed E-state index contributed by atoms with van der Waals surface area (Å²) in [6, 6.07) is 12.2. The molecule has 0 fully saturated rings. The predicted molar refractivity (Wildman–Crippen MR) is 87.3 cm³/mol. The number of carbonyl (C=O) groups is 1. The van der Waals surface area contributed by atoms with Gasteiger partial charge in [-0.2, -0.15) is 0 Å². The van der Waals surface area contributed by atoms with E-state index in [1.165, 1.54) is 12.1 Å². The number of carbonyl (C=O) groups excluding carboxylic acids is 1. The van der Waals surface area contributed by atoms with E-state index in [4.69, 9.17) is 0 Å². The zero-order chi connectivity index (χ0) is 15.6. The average Bonchev–Trinajstić information content (AvgIpc) is 2.36. The molecule has 0 radical (unpaired) electrons. The molecule has 0 atom stereocenters. The van der Waals surface area contributed by atoms with Crippen molar-refractivity contribution in [1.82, 2.24) is 0 Å². The molecule has 0 spiro atoms. The minimum absolute atomic E-state index is 0.0121. The summed E-state index contributed by atoms with van der Waals surface area (Å²) >= 11 is 3.25. The molecule has 0 heterocycles. The Bertz CT molecular complexity index is 651. The van der Waals surface area contributed by atoms with Gasteiger partial charge < -0.3 is 0 Å². The molecule has 0 unspecified atom stereocenters. The van der Waals surface area contributed by atoms with Gasteiger partial charge in [0.25, 0.3) is 0 Å². The first-order valence-corrected chi connectivity index (χ1v) is 7.64. The first-order valence-electron chi connectivity index (χ1n) is 6.85. The standard InChI is InChI=1S/C18H18BrFO/c1-18(2,3)16-7-5-4-6-15(16)17(21)10-12-8-13(19)11-14(20)9-12/h4-9,11H,10H2,1-3H3. The fraction of sp³-hybridized carbons (Fsp3) is 0.278. The van der Waals surface area contributed by atoms with Crippen molar-refractivity contribution in [3.05, 3.63) is 69.4 Å². The molecule has 0 amide bonds. The molecule has 21 heavy (non-hydrogen) atoms. The number of hydrogen-bond acceptors (Lipinski definition) is 1. The number of rotatable bonds is 3. The molecule has 0 aliphatic carbocycles. The first kappa shape index (κ1) is 15.9. The van der Waals surface area contributed by atoms with Crippen LogP contribution in [0.25, 0.3) is 0 Å². The summed E-state index contributed by atoms with van der Waals surface area (Å²) in [5.41, 5.74) is 2.31. The molecule has 0 aromatic heterocycles. The summed E-state index contributed by atoms with van der Waals surface area (Å²) in [6.45, 7) is 6.24. The van der Waals surface area contributed by atoms with Crippen molar-refractivity contribution in [3.8, 4) is 0 Å². The third kappa shape index (κ3) is 4.01. The molecule has 2 aromatic rings. The third-order valence-corrected chi connectivity index (χ3v) is 3.78. The molecule has 0 bridgehead atoms.